The summed E-state index contributed by atoms with van der Waals surface area (Å²) in [6.45, 7) is 0. The lowest BCUT2D eigenvalue weighted by molar-refractivity contribution is -0.605. The van der Waals surface area contributed by atoms with E-state index in [1.165, 1.54) is 43.0 Å². The average Bonchev–Trinajstić information content (AvgIpc) is 2.38. The molecule has 5 nitrogen and oxygen atoms in total. The molecule has 0 bridgehead atoms. The molecule has 0 unspecified atom stereocenters. The number of hydrogen-bond donors (Lipinski definition) is 0. The number of hydrogen-bond acceptors (Lipinski definition) is 3. The predicted octanol–water partition coefficient (Wildman–Crippen LogP) is 0.850. The number of rotatable bonds is 3. The molecule has 90 valence electrons. The van der Waals surface area contributed by atoms with E-state index in [-0.39, 0.29) is 5.78 Å². The molecule has 2 heterocycles. The highest BCUT2D eigenvalue weighted by Crippen LogP contribution is 2.03. The molecule has 0 aromatic carbocycles. The number of ketones is 1. The summed E-state index contributed by atoms with van der Waals surface area (Å²) in [6.07, 6.45) is 8.25. The fraction of sp³-hybridized carbons (Fsp3) is 0. The monoisotopic (exact) mass is 242 g/mol. The van der Waals surface area contributed by atoms with Gasteiger partial charge >= 0.3 is 0 Å². The first-order valence-corrected chi connectivity index (χ1v) is 5.25. The third kappa shape index (κ3) is 2.91. The lowest BCUT2D eigenvalue weighted by Gasteiger charge is -1.97. The van der Waals surface area contributed by atoms with Crippen molar-refractivity contribution in [3.05, 3.63) is 76.7 Å². The van der Waals surface area contributed by atoms with Crippen molar-refractivity contribution in [3.8, 4) is 0 Å². The fourth-order valence-corrected chi connectivity index (χ4v) is 1.38. The van der Waals surface area contributed by atoms with Gasteiger partial charge in [-0.2, -0.15) is 9.46 Å². The van der Waals surface area contributed by atoms with Crippen LogP contribution in [0.5, 0.6) is 0 Å². The van der Waals surface area contributed by atoms with Crippen LogP contribution in [0.25, 0.3) is 6.08 Å². The van der Waals surface area contributed by atoms with Crippen LogP contribution in [-0.2, 0) is 0 Å². The van der Waals surface area contributed by atoms with Gasteiger partial charge in [0.25, 0.3) is 0 Å². The number of carbonyl (C=O) groups excluding carboxylic acids is 1. The minimum atomic E-state index is -0.200. The van der Waals surface area contributed by atoms with Crippen LogP contribution in [0.4, 0.5) is 0 Å². The Morgan fingerprint density at radius 3 is 2.00 bits per heavy atom. The number of aromatic nitrogens is 2. The average molecular weight is 242 g/mol. The van der Waals surface area contributed by atoms with Crippen LogP contribution in [0, 0.1) is 10.4 Å². The van der Waals surface area contributed by atoms with E-state index < -0.39 is 0 Å². The second-order valence-electron chi connectivity index (χ2n) is 3.64. The first kappa shape index (κ1) is 11.8. The van der Waals surface area contributed by atoms with Gasteiger partial charge in [0, 0.05) is 29.8 Å². The van der Waals surface area contributed by atoms with Crippen molar-refractivity contribution in [2.75, 3.05) is 0 Å². The largest absolute Gasteiger partial charge is 0.619 e. The zero-order valence-electron chi connectivity index (χ0n) is 9.39. The van der Waals surface area contributed by atoms with E-state index in [4.69, 9.17) is 0 Å². The van der Waals surface area contributed by atoms with Gasteiger partial charge in [0.05, 0.1) is 0 Å². The first-order valence-electron chi connectivity index (χ1n) is 5.25. The van der Waals surface area contributed by atoms with Gasteiger partial charge in [-0.05, 0) is 11.6 Å². The molecule has 0 amide bonds. The van der Waals surface area contributed by atoms with E-state index in [2.05, 4.69) is 0 Å². The molecule has 5 heteroatoms. The summed E-state index contributed by atoms with van der Waals surface area (Å²) in [5, 5.41) is 21.6. The molecule has 18 heavy (non-hydrogen) atoms. The van der Waals surface area contributed by atoms with E-state index in [9.17, 15) is 15.2 Å². The summed E-state index contributed by atoms with van der Waals surface area (Å²) < 4.78 is 1.29. The Hall–Kier alpha value is -2.69. The molecule has 2 aromatic rings. The minimum Gasteiger partial charge on any atom is -0.619 e. The molecular weight excluding hydrogens is 232 g/mol. The topological polar surface area (TPSA) is 71.0 Å². The van der Waals surface area contributed by atoms with Crippen molar-refractivity contribution in [1.82, 2.24) is 0 Å². The summed E-state index contributed by atoms with van der Waals surface area (Å²) in [5.41, 5.74) is 1.19. The van der Waals surface area contributed by atoms with Crippen molar-refractivity contribution in [2.45, 2.75) is 0 Å². The summed E-state index contributed by atoms with van der Waals surface area (Å²) in [6, 6.07) is 6.12. The highest BCUT2D eigenvalue weighted by Gasteiger charge is 2.02. The summed E-state index contributed by atoms with van der Waals surface area (Å²) in [5.74, 6) is -0.200. The number of nitrogens with zero attached hydrogens (tertiary/aromatic N) is 2. The summed E-state index contributed by atoms with van der Waals surface area (Å²) >= 11 is 0. The van der Waals surface area contributed by atoms with Gasteiger partial charge in [-0.3, -0.25) is 4.79 Å². The van der Waals surface area contributed by atoms with Gasteiger partial charge in [0.1, 0.15) is 0 Å². The maximum absolute atomic E-state index is 11.7. The highest BCUT2D eigenvalue weighted by atomic mass is 16.5. The summed E-state index contributed by atoms with van der Waals surface area (Å²) in [7, 11) is 0. The van der Waals surface area contributed by atoms with Crippen molar-refractivity contribution in [3.63, 3.8) is 0 Å². The van der Waals surface area contributed by atoms with Crippen molar-refractivity contribution in [1.29, 1.82) is 0 Å². The van der Waals surface area contributed by atoms with E-state index in [1.54, 1.807) is 18.2 Å². The van der Waals surface area contributed by atoms with Crippen LogP contribution in [0.2, 0.25) is 0 Å². The molecule has 0 saturated carbocycles. The normalized spacial score (nSPS) is 10.7. The zero-order valence-corrected chi connectivity index (χ0v) is 9.39. The van der Waals surface area contributed by atoms with Crippen LogP contribution in [0.3, 0.4) is 0 Å². The van der Waals surface area contributed by atoms with Crippen LogP contribution in [0.1, 0.15) is 15.9 Å². The molecule has 0 atom stereocenters. The van der Waals surface area contributed by atoms with Crippen molar-refractivity contribution >= 4 is 11.9 Å². The van der Waals surface area contributed by atoms with Crippen LogP contribution in [0.15, 0.2) is 55.1 Å². The van der Waals surface area contributed by atoms with Gasteiger partial charge in [0.2, 0.25) is 0 Å². The van der Waals surface area contributed by atoms with Gasteiger partial charge < -0.3 is 10.4 Å². The van der Waals surface area contributed by atoms with Gasteiger partial charge in [-0.1, -0.05) is 6.08 Å². The molecular formula is C13H10N2O3. The van der Waals surface area contributed by atoms with E-state index in [0.29, 0.717) is 15.0 Å². The van der Waals surface area contributed by atoms with Crippen LogP contribution in [-0.4, -0.2) is 5.78 Å². The first-order chi connectivity index (χ1) is 8.65. The van der Waals surface area contributed by atoms with Crippen molar-refractivity contribution in [2.24, 2.45) is 0 Å². The fourth-order valence-electron chi connectivity index (χ4n) is 1.38. The smallest absolute Gasteiger partial charge is 0.186 e. The molecule has 0 fully saturated rings. The molecule has 0 N–H and O–H groups in total. The Kier molecular flexibility index (Phi) is 3.33. The maximum Gasteiger partial charge on any atom is 0.186 e. The molecule has 0 radical (unpaired) electrons. The zero-order chi connectivity index (χ0) is 13.0. The van der Waals surface area contributed by atoms with Gasteiger partial charge in [0.15, 0.2) is 30.6 Å². The second kappa shape index (κ2) is 5.09. The Labute approximate surface area is 103 Å². The molecule has 0 saturated heterocycles. The predicted molar refractivity (Wildman–Crippen MR) is 64.2 cm³/mol. The maximum atomic E-state index is 11.7. The molecule has 2 rings (SSSR count). The minimum absolute atomic E-state index is 0.200. The number of carbonyl (C=O) groups is 1. The Bertz CT molecular complexity index is 574. The third-order valence-corrected chi connectivity index (χ3v) is 2.34. The van der Waals surface area contributed by atoms with E-state index in [0.717, 1.165) is 5.56 Å². The molecule has 0 aliphatic carbocycles. The van der Waals surface area contributed by atoms with E-state index in [1.807, 2.05) is 0 Å². The highest BCUT2D eigenvalue weighted by molar-refractivity contribution is 6.06. The third-order valence-electron chi connectivity index (χ3n) is 2.34. The quantitative estimate of drug-likeness (QED) is 0.346. The van der Waals surface area contributed by atoms with Gasteiger partial charge in [-0.15, -0.1) is 0 Å². The Morgan fingerprint density at radius 2 is 1.44 bits per heavy atom. The van der Waals surface area contributed by atoms with Gasteiger partial charge in [-0.25, -0.2) is 0 Å². The Morgan fingerprint density at radius 1 is 0.944 bits per heavy atom. The molecule has 0 spiro atoms. The van der Waals surface area contributed by atoms with E-state index >= 15 is 0 Å². The van der Waals surface area contributed by atoms with Crippen molar-refractivity contribution < 1.29 is 14.3 Å². The Balaban J connectivity index is 2.11. The van der Waals surface area contributed by atoms with Crippen LogP contribution < -0.4 is 9.46 Å². The lowest BCUT2D eigenvalue weighted by atomic mass is 10.1. The molecule has 2 aromatic heterocycles. The SMILES string of the molecule is O=C(C=Cc1cc[n+]([O-])cc1)c1cc[n+]([O-])cc1. The standard InChI is InChI=1S/C13H10N2O3/c16-13(12-5-9-15(18)10-6-12)2-1-11-3-7-14(17)8-4-11/h1-10H. The number of pyridine rings is 2. The second-order valence-corrected chi connectivity index (χ2v) is 3.64. The lowest BCUT2D eigenvalue weighted by Crippen LogP contribution is -2.24. The summed E-state index contributed by atoms with van der Waals surface area (Å²) in [4.78, 5) is 11.7. The molecule has 0 aliphatic heterocycles. The molecule has 0 aliphatic rings. The number of allylic oxidation sites excluding steroid dienone is 1. The van der Waals surface area contributed by atoms with Crippen LogP contribution >= 0.6 is 0 Å².